The maximum atomic E-state index is 12.0. The molecule has 1 saturated carbocycles. The van der Waals surface area contributed by atoms with E-state index in [4.69, 9.17) is 10.5 Å². The van der Waals surface area contributed by atoms with Crippen LogP contribution in [-0.4, -0.2) is 17.0 Å². The van der Waals surface area contributed by atoms with Crippen LogP contribution in [0.25, 0.3) is 0 Å². The van der Waals surface area contributed by atoms with Gasteiger partial charge in [0.1, 0.15) is 16.5 Å². The van der Waals surface area contributed by atoms with Gasteiger partial charge in [-0.15, -0.1) is 23.7 Å². The van der Waals surface area contributed by atoms with Gasteiger partial charge in [-0.3, -0.25) is 4.79 Å². The van der Waals surface area contributed by atoms with Crippen molar-refractivity contribution in [2.45, 2.75) is 51.3 Å². The van der Waals surface area contributed by atoms with Crippen molar-refractivity contribution in [2.75, 3.05) is 0 Å². The predicted octanol–water partition coefficient (Wildman–Crippen LogP) is 3.67. The third kappa shape index (κ3) is 5.70. The Morgan fingerprint density at radius 2 is 1.96 bits per heavy atom. The molecule has 136 valence electrons. The number of halogens is 1. The minimum Gasteiger partial charge on any atom is -0.490 e. The first kappa shape index (κ1) is 19.7. The Hall–Kier alpha value is -1.63. The summed E-state index contributed by atoms with van der Waals surface area (Å²) < 4.78 is 6.01. The number of nitrogens with one attached hydrogen (secondary N) is 1. The molecule has 0 saturated heterocycles. The van der Waals surface area contributed by atoms with Crippen LogP contribution in [-0.2, 0) is 13.1 Å². The summed E-state index contributed by atoms with van der Waals surface area (Å²) in [6.45, 7) is 0.832. The van der Waals surface area contributed by atoms with Gasteiger partial charge in [-0.05, 0) is 43.4 Å². The minimum absolute atomic E-state index is 0. The van der Waals surface area contributed by atoms with Crippen LogP contribution < -0.4 is 15.8 Å². The van der Waals surface area contributed by atoms with Crippen LogP contribution in [0.2, 0.25) is 0 Å². The molecule has 1 fully saturated rings. The SMILES string of the molecule is Cl.NCc1nc(C(=O)NCc2ccc(OC3CCCCC3)cc2)cs1. The second-order valence-corrected chi connectivity index (χ2v) is 6.98. The zero-order valence-corrected chi connectivity index (χ0v) is 15.7. The number of nitrogens with two attached hydrogens (primary N) is 1. The molecular weight excluding hydrogens is 358 g/mol. The van der Waals surface area contributed by atoms with Gasteiger partial charge in [-0.25, -0.2) is 4.98 Å². The first-order chi connectivity index (χ1) is 11.7. The fourth-order valence-electron chi connectivity index (χ4n) is 2.84. The number of ether oxygens (including phenoxy) is 1. The van der Waals surface area contributed by atoms with E-state index < -0.39 is 0 Å². The van der Waals surface area contributed by atoms with Crippen LogP contribution in [0.15, 0.2) is 29.6 Å². The van der Waals surface area contributed by atoms with E-state index in [-0.39, 0.29) is 18.3 Å². The van der Waals surface area contributed by atoms with Crippen molar-refractivity contribution in [1.29, 1.82) is 0 Å². The van der Waals surface area contributed by atoms with Crippen LogP contribution >= 0.6 is 23.7 Å². The fraction of sp³-hybridized carbons (Fsp3) is 0.444. The van der Waals surface area contributed by atoms with E-state index in [0.29, 0.717) is 24.9 Å². The molecule has 1 amide bonds. The van der Waals surface area contributed by atoms with Crippen LogP contribution in [0.1, 0.15) is 53.2 Å². The van der Waals surface area contributed by atoms with Gasteiger partial charge < -0.3 is 15.8 Å². The Kier molecular flexibility index (Phi) is 7.68. The molecule has 1 aromatic carbocycles. The number of amides is 1. The van der Waals surface area contributed by atoms with Crippen molar-refractivity contribution in [3.05, 3.63) is 45.9 Å². The predicted molar refractivity (Wildman–Crippen MR) is 102 cm³/mol. The van der Waals surface area contributed by atoms with Crippen LogP contribution in [0.5, 0.6) is 5.75 Å². The quantitative estimate of drug-likeness (QED) is 0.800. The van der Waals surface area contributed by atoms with Gasteiger partial charge in [0.15, 0.2) is 0 Å². The molecule has 0 aliphatic heterocycles. The number of thiazole rings is 1. The van der Waals surface area contributed by atoms with Crippen molar-refractivity contribution in [3.63, 3.8) is 0 Å². The molecule has 1 aliphatic rings. The van der Waals surface area contributed by atoms with E-state index in [1.165, 1.54) is 30.6 Å². The van der Waals surface area contributed by atoms with E-state index in [1.54, 1.807) is 5.38 Å². The standard InChI is InChI=1S/C18H23N3O2S.ClH/c19-10-17-21-16(12-24-17)18(22)20-11-13-6-8-15(9-7-13)23-14-4-2-1-3-5-14;/h6-9,12,14H,1-5,10-11,19H2,(H,20,22);1H. The molecule has 1 heterocycles. The Morgan fingerprint density at radius 3 is 2.60 bits per heavy atom. The lowest BCUT2D eigenvalue weighted by Gasteiger charge is -2.23. The average molecular weight is 382 g/mol. The highest BCUT2D eigenvalue weighted by Gasteiger charge is 2.14. The topological polar surface area (TPSA) is 77.2 Å². The lowest BCUT2D eigenvalue weighted by atomic mass is 9.98. The number of nitrogens with zero attached hydrogens (tertiary/aromatic N) is 1. The summed E-state index contributed by atoms with van der Waals surface area (Å²) in [5, 5.41) is 5.38. The summed E-state index contributed by atoms with van der Waals surface area (Å²) in [6, 6.07) is 7.94. The lowest BCUT2D eigenvalue weighted by Crippen LogP contribution is -2.23. The summed E-state index contributed by atoms with van der Waals surface area (Å²) in [7, 11) is 0. The van der Waals surface area contributed by atoms with Crippen LogP contribution in [0, 0.1) is 0 Å². The van der Waals surface area contributed by atoms with Crippen LogP contribution in [0.4, 0.5) is 0 Å². The number of carbonyl (C=O) groups excluding carboxylic acids is 1. The number of rotatable bonds is 6. The molecular formula is C18H24ClN3O2S. The molecule has 1 aromatic heterocycles. The van der Waals surface area contributed by atoms with Gasteiger partial charge in [0.25, 0.3) is 5.91 Å². The van der Waals surface area contributed by atoms with Crippen LogP contribution in [0.3, 0.4) is 0 Å². The van der Waals surface area contributed by atoms with E-state index in [9.17, 15) is 4.79 Å². The summed E-state index contributed by atoms with van der Waals surface area (Å²) in [5.41, 5.74) is 6.98. The Bertz CT molecular complexity index is 669. The molecule has 0 bridgehead atoms. The minimum atomic E-state index is -0.173. The molecule has 3 N–H and O–H groups in total. The fourth-order valence-corrected chi connectivity index (χ4v) is 3.50. The molecule has 25 heavy (non-hydrogen) atoms. The monoisotopic (exact) mass is 381 g/mol. The maximum absolute atomic E-state index is 12.0. The molecule has 0 atom stereocenters. The van der Waals surface area contributed by atoms with Gasteiger partial charge in [0.2, 0.25) is 0 Å². The summed E-state index contributed by atoms with van der Waals surface area (Å²) in [5.74, 6) is 0.734. The molecule has 1 aliphatic carbocycles. The summed E-state index contributed by atoms with van der Waals surface area (Å²) in [4.78, 5) is 16.2. The van der Waals surface area contributed by atoms with E-state index in [1.807, 2.05) is 24.3 Å². The number of hydrogen-bond donors (Lipinski definition) is 2. The van der Waals surface area contributed by atoms with Gasteiger partial charge in [-0.1, -0.05) is 18.6 Å². The van der Waals surface area contributed by atoms with E-state index in [0.717, 1.165) is 29.2 Å². The molecule has 5 nitrogen and oxygen atoms in total. The second-order valence-electron chi connectivity index (χ2n) is 6.04. The molecule has 7 heteroatoms. The molecule has 0 radical (unpaired) electrons. The second kappa shape index (κ2) is 9.75. The van der Waals surface area contributed by atoms with Crippen molar-refractivity contribution >= 4 is 29.7 Å². The zero-order chi connectivity index (χ0) is 16.8. The number of carbonyl (C=O) groups is 1. The van der Waals surface area contributed by atoms with Crippen molar-refractivity contribution in [1.82, 2.24) is 10.3 Å². The zero-order valence-electron chi connectivity index (χ0n) is 14.1. The lowest BCUT2D eigenvalue weighted by molar-refractivity contribution is 0.0946. The largest absolute Gasteiger partial charge is 0.490 e. The van der Waals surface area contributed by atoms with E-state index in [2.05, 4.69) is 10.3 Å². The third-order valence-corrected chi connectivity index (χ3v) is 5.06. The normalized spacial score (nSPS) is 14.6. The van der Waals surface area contributed by atoms with Gasteiger partial charge in [-0.2, -0.15) is 0 Å². The number of aromatic nitrogens is 1. The van der Waals surface area contributed by atoms with Crippen molar-refractivity contribution in [2.24, 2.45) is 5.73 Å². The average Bonchev–Trinajstić information content (AvgIpc) is 3.11. The highest BCUT2D eigenvalue weighted by Crippen LogP contribution is 2.23. The maximum Gasteiger partial charge on any atom is 0.271 e. The Labute approximate surface area is 158 Å². The van der Waals surface area contributed by atoms with Gasteiger partial charge in [0.05, 0.1) is 6.10 Å². The highest BCUT2D eigenvalue weighted by atomic mass is 35.5. The molecule has 2 aromatic rings. The van der Waals surface area contributed by atoms with Gasteiger partial charge in [0, 0.05) is 18.5 Å². The van der Waals surface area contributed by atoms with Gasteiger partial charge >= 0.3 is 0 Å². The third-order valence-electron chi connectivity index (χ3n) is 4.19. The molecule has 0 spiro atoms. The summed E-state index contributed by atoms with van der Waals surface area (Å²) in [6.07, 6.45) is 6.50. The van der Waals surface area contributed by atoms with Crippen molar-refractivity contribution < 1.29 is 9.53 Å². The molecule has 0 unspecified atom stereocenters. The summed E-state index contributed by atoms with van der Waals surface area (Å²) >= 11 is 1.40. The first-order valence-corrected chi connectivity index (χ1v) is 9.31. The highest BCUT2D eigenvalue weighted by molar-refractivity contribution is 7.09. The molecule has 3 rings (SSSR count). The van der Waals surface area contributed by atoms with E-state index >= 15 is 0 Å². The smallest absolute Gasteiger partial charge is 0.271 e. The number of hydrogen-bond acceptors (Lipinski definition) is 5. The number of benzene rings is 1. The first-order valence-electron chi connectivity index (χ1n) is 8.43. The Balaban J connectivity index is 0.00000225. The van der Waals surface area contributed by atoms with Crippen molar-refractivity contribution in [3.8, 4) is 5.75 Å². The Morgan fingerprint density at radius 1 is 1.24 bits per heavy atom.